The van der Waals surface area contributed by atoms with Gasteiger partial charge in [0.15, 0.2) is 0 Å². The lowest BCUT2D eigenvalue weighted by molar-refractivity contribution is 0.0695. The summed E-state index contributed by atoms with van der Waals surface area (Å²) in [6, 6.07) is 2.79. The first-order chi connectivity index (χ1) is 11.6. The number of carboxylic acids is 1. The van der Waals surface area contributed by atoms with E-state index in [-0.39, 0.29) is 17.0 Å². The number of aromatic carboxylic acids is 1. The van der Waals surface area contributed by atoms with Crippen LogP contribution < -0.4 is 15.6 Å². The number of hydrogen-bond donors (Lipinski definition) is 2. The molecule has 0 atom stereocenters. The molecule has 2 aromatic rings. The second-order valence-corrected chi connectivity index (χ2v) is 6.37. The fourth-order valence-corrected chi connectivity index (χ4v) is 3.38. The molecule has 0 spiro atoms. The third-order valence-electron chi connectivity index (χ3n) is 4.70. The molecule has 6 nitrogen and oxygen atoms in total. The minimum atomic E-state index is -1.27. The Morgan fingerprint density at radius 1 is 1.25 bits per heavy atom. The van der Waals surface area contributed by atoms with E-state index in [1.54, 1.807) is 0 Å². The number of fused-ring (bicyclic) bond motifs is 1. The van der Waals surface area contributed by atoms with E-state index in [9.17, 15) is 19.1 Å². The van der Waals surface area contributed by atoms with Crippen LogP contribution in [0.4, 0.5) is 10.1 Å². The molecule has 1 saturated carbocycles. The van der Waals surface area contributed by atoms with Gasteiger partial charge in [-0.15, -0.1) is 0 Å². The maximum absolute atomic E-state index is 14.2. The van der Waals surface area contributed by atoms with Gasteiger partial charge in [0.25, 0.3) is 0 Å². The average molecular weight is 331 g/mol. The Morgan fingerprint density at radius 2 is 1.96 bits per heavy atom. The molecule has 2 fully saturated rings. The quantitative estimate of drug-likeness (QED) is 0.893. The molecule has 0 amide bonds. The Kier molecular flexibility index (Phi) is 3.53. The summed E-state index contributed by atoms with van der Waals surface area (Å²) < 4.78 is 16.0. The first-order valence-electron chi connectivity index (χ1n) is 8.13. The summed E-state index contributed by atoms with van der Waals surface area (Å²) in [5.74, 6) is -1.79. The monoisotopic (exact) mass is 331 g/mol. The smallest absolute Gasteiger partial charge is 0.341 e. The minimum absolute atomic E-state index is 0.148. The van der Waals surface area contributed by atoms with Crippen molar-refractivity contribution in [3.05, 3.63) is 39.9 Å². The SMILES string of the molecule is O=C(O)c1cn(C2CC2)c2c(N3CCNCC3)cc(F)cc2c1=O. The van der Waals surface area contributed by atoms with Gasteiger partial charge in [-0.25, -0.2) is 9.18 Å². The number of aromatic nitrogens is 1. The van der Waals surface area contributed by atoms with E-state index in [0.717, 1.165) is 45.1 Å². The van der Waals surface area contributed by atoms with Crippen molar-refractivity contribution in [3.63, 3.8) is 0 Å². The van der Waals surface area contributed by atoms with Gasteiger partial charge in [-0.05, 0) is 25.0 Å². The molecular formula is C17H18FN3O3. The molecule has 0 radical (unpaired) electrons. The lowest BCUT2D eigenvalue weighted by Crippen LogP contribution is -2.43. The Morgan fingerprint density at radius 3 is 2.58 bits per heavy atom. The van der Waals surface area contributed by atoms with Gasteiger partial charge >= 0.3 is 5.97 Å². The third-order valence-corrected chi connectivity index (χ3v) is 4.70. The van der Waals surface area contributed by atoms with Gasteiger partial charge in [-0.2, -0.15) is 0 Å². The Hall–Kier alpha value is -2.41. The van der Waals surface area contributed by atoms with Gasteiger partial charge in [0.2, 0.25) is 5.43 Å². The Bertz CT molecular complexity index is 883. The fourth-order valence-electron chi connectivity index (χ4n) is 3.38. The fraction of sp³-hybridized carbons (Fsp3) is 0.412. The van der Waals surface area contributed by atoms with Crippen molar-refractivity contribution < 1.29 is 14.3 Å². The van der Waals surface area contributed by atoms with E-state index in [1.807, 2.05) is 4.57 Å². The molecule has 2 aliphatic rings. The molecular weight excluding hydrogens is 313 g/mol. The van der Waals surface area contributed by atoms with Crippen LogP contribution in [-0.2, 0) is 0 Å². The zero-order valence-corrected chi connectivity index (χ0v) is 13.1. The number of pyridine rings is 1. The Labute approximate surface area is 137 Å². The molecule has 1 aromatic heterocycles. The van der Waals surface area contributed by atoms with E-state index in [2.05, 4.69) is 10.2 Å². The minimum Gasteiger partial charge on any atom is -0.477 e. The summed E-state index contributed by atoms with van der Waals surface area (Å²) in [6.45, 7) is 3.02. The van der Waals surface area contributed by atoms with Gasteiger partial charge in [0, 0.05) is 38.4 Å². The molecule has 7 heteroatoms. The van der Waals surface area contributed by atoms with Crippen LogP contribution in [0, 0.1) is 5.82 Å². The van der Waals surface area contributed by atoms with Crippen molar-refractivity contribution in [2.75, 3.05) is 31.1 Å². The number of carboxylic acid groups (broad SMARTS) is 1. The van der Waals surface area contributed by atoms with Crippen LogP contribution in [-0.4, -0.2) is 41.8 Å². The molecule has 1 saturated heterocycles. The van der Waals surface area contributed by atoms with Gasteiger partial charge in [-0.1, -0.05) is 0 Å². The molecule has 0 unspecified atom stereocenters. The summed E-state index contributed by atoms with van der Waals surface area (Å²) in [6.07, 6.45) is 3.30. The number of rotatable bonds is 3. The van der Waals surface area contributed by atoms with Crippen molar-refractivity contribution in [2.24, 2.45) is 0 Å². The van der Waals surface area contributed by atoms with Crippen molar-refractivity contribution in [1.29, 1.82) is 0 Å². The van der Waals surface area contributed by atoms with Crippen LogP contribution in [0.1, 0.15) is 29.2 Å². The first-order valence-corrected chi connectivity index (χ1v) is 8.13. The van der Waals surface area contributed by atoms with E-state index < -0.39 is 17.2 Å². The highest BCUT2D eigenvalue weighted by Gasteiger charge is 2.29. The topological polar surface area (TPSA) is 74.6 Å². The standard InChI is InChI=1S/C17H18FN3O3/c18-10-7-12-15(14(8-10)20-5-3-19-4-6-20)21(11-1-2-11)9-13(16(12)22)17(23)24/h7-9,11,19H,1-6H2,(H,23,24). The third kappa shape index (κ3) is 2.45. The second kappa shape index (κ2) is 5.59. The van der Waals surface area contributed by atoms with Crippen molar-refractivity contribution in [1.82, 2.24) is 9.88 Å². The maximum Gasteiger partial charge on any atom is 0.341 e. The van der Waals surface area contributed by atoms with Crippen molar-refractivity contribution >= 4 is 22.6 Å². The number of anilines is 1. The zero-order chi connectivity index (χ0) is 16.8. The van der Waals surface area contributed by atoms with E-state index in [1.165, 1.54) is 12.3 Å². The van der Waals surface area contributed by atoms with E-state index >= 15 is 0 Å². The van der Waals surface area contributed by atoms with E-state index in [0.29, 0.717) is 11.2 Å². The predicted octanol–water partition coefficient (Wildman–Crippen LogP) is 1.58. The molecule has 2 N–H and O–H groups in total. The summed E-state index contributed by atoms with van der Waals surface area (Å²) in [5, 5.41) is 12.7. The molecule has 1 aliphatic heterocycles. The first kappa shape index (κ1) is 15.1. The second-order valence-electron chi connectivity index (χ2n) is 6.37. The molecule has 1 aliphatic carbocycles. The van der Waals surface area contributed by atoms with Crippen LogP contribution in [0.5, 0.6) is 0 Å². The van der Waals surface area contributed by atoms with Gasteiger partial charge in [-0.3, -0.25) is 4.79 Å². The lowest BCUT2D eigenvalue weighted by atomic mass is 10.1. The van der Waals surface area contributed by atoms with Gasteiger partial charge in [0.05, 0.1) is 16.6 Å². The Balaban J connectivity index is 2.04. The van der Waals surface area contributed by atoms with Gasteiger partial charge in [0.1, 0.15) is 11.4 Å². The predicted molar refractivity (Wildman–Crippen MR) is 88.5 cm³/mol. The zero-order valence-electron chi connectivity index (χ0n) is 13.1. The largest absolute Gasteiger partial charge is 0.477 e. The highest BCUT2D eigenvalue weighted by atomic mass is 19.1. The van der Waals surface area contributed by atoms with Gasteiger partial charge < -0.3 is 19.9 Å². The summed E-state index contributed by atoms with van der Waals surface area (Å²) in [5.41, 5.74) is 0.403. The average Bonchev–Trinajstić information content (AvgIpc) is 3.40. The summed E-state index contributed by atoms with van der Waals surface area (Å²) in [4.78, 5) is 26.0. The number of halogens is 1. The summed E-state index contributed by atoms with van der Waals surface area (Å²) in [7, 11) is 0. The number of piperazine rings is 1. The molecule has 4 rings (SSSR count). The van der Waals surface area contributed by atoms with Crippen LogP contribution >= 0.6 is 0 Å². The number of carbonyl (C=O) groups is 1. The van der Waals surface area contributed by atoms with E-state index in [4.69, 9.17) is 0 Å². The maximum atomic E-state index is 14.2. The molecule has 0 bridgehead atoms. The molecule has 24 heavy (non-hydrogen) atoms. The normalized spacial score (nSPS) is 18.1. The lowest BCUT2D eigenvalue weighted by Gasteiger charge is -2.31. The number of nitrogens with zero attached hydrogens (tertiary/aromatic N) is 2. The van der Waals surface area contributed by atoms with Crippen LogP contribution in [0.3, 0.4) is 0 Å². The molecule has 126 valence electrons. The summed E-state index contributed by atoms with van der Waals surface area (Å²) >= 11 is 0. The van der Waals surface area contributed by atoms with Crippen LogP contribution in [0.25, 0.3) is 10.9 Å². The number of hydrogen-bond acceptors (Lipinski definition) is 4. The highest BCUT2D eigenvalue weighted by Crippen LogP contribution is 2.39. The van der Waals surface area contributed by atoms with Crippen molar-refractivity contribution in [3.8, 4) is 0 Å². The van der Waals surface area contributed by atoms with Crippen molar-refractivity contribution in [2.45, 2.75) is 18.9 Å². The molecule has 1 aromatic carbocycles. The number of benzene rings is 1. The van der Waals surface area contributed by atoms with Crippen LogP contribution in [0.2, 0.25) is 0 Å². The molecule has 2 heterocycles. The number of nitrogens with one attached hydrogen (secondary N) is 1. The van der Waals surface area contributed by atoms with Crippen LogP contribution in [0.15, 0.2) is 23.1 Å². The highest BCUT2D eigenvalue weighted by molar-refractivity contribution is 5.97.